The summed E-state index contributed by atoms with van der Waals surface area (Å²) in [4.78, 5) is 24.7. The largest absolute Gasteiger partial charge is 0.336 e. The first kappa shape index (κ1) is 15.4. The van der Waals surface area contributed by atoms with E-state index in [2.05, 4.69) is 10.6 Å². The van der Waals surface area contributed by atoms with Crippen LogP contribution in [0.4, 0.5) is 13.6 Å². The van der Waals surface area contributed by atoms with Crippen molar-refractivity contribution in [3.05, 3.63) is 35.4 Å². The zero-order valence-corrected chi connectivity index (χ0v) is 11.8. The average molecular weight is 297 g/mol. The minimum atomic E-state index is -0.673. The summed E-state index contributed by atoms with van der Waals surface area (Å²) in [6.45, 7) is 4.03. The van der Waals surface area contributed by atoms with Gasteiger partial charge in [-0.1, -0.05) is 6.07 Å². The third-order valence-electron chi connectivity index (χ3n) is 3.42. The molecular weight excluding hydrogens is 280 g/mol. The van der Waals surface area contributed by atoms with Crippen LogP contribution in [0, 0.1) is 11.6 Å². The molecule has 0 saturated carbocycles. The molecule has 2 N–H and O–H groups in total. The normalized spacial score (nSPS) is 17.5. The van der Waals surface area contributed by atoms with Crippen LogP contribution in [0.5, 0.6) is 0 Å². The molecule has 1 aromatic rings. The number of carbonyl (C=O) groups excluding carboxylic acids is 2. The fourth-order valence-electron chi connectivity index (χ4n) is 2.30. The lowest BCUT2D eigenvalue weighted by Gasteiger charge is -2.23. The molecule has 0 unspecified atom stereocenters. The highest BCUT2D eigenvalue weighted by atomic mass is 19.1. The summed E-state index contributed by atoms with van der Waals surface area (Å²) in [7, 11) is 0. The van der Waals surface area contributed by atoms with Crippen LogP contribution >= 0.6 is 0 Å². The Morgan fingerprint density at radius 1 is 1.38 bits per heavy atom. The summed E-state index contributed by atoms with van der Waals surface area (Å²) in [5.74, 6) is -1.70. The Labute approximate surface area is 121 Å². The van der Waals surface area contributed by atoms with Crippen molar-refractivity contribution in [2.75, 3.05) is 13.1 Å². The molecule has 0 aromatic heterocycles. The van der Waals surface area contributed by atoms with Crippen molar-refractivity contribution < 1.29 is 18.4 Å². The van der Waals surface area contributed by atoms with Gasteiger partial charge in [0.1, 0.15) is 11.6 Å². The van der Waals surface area contributed by atoms with Crippen molar-refractivity contribution in [3.8, 4) is 0 Å². The number of halogens is 2. The predicted octanol–water partition coefficient (Wildman–Crippen LogP) is 1.56. The number of rotatable bonds is 4. The Kier molecular flexibility index (Phi) is 4.52. The van der Waals surface area contributed by atoms with E-state index in [9.17, 15) is 18.4 Å². The number of imide groups is 1. The second-order valence-corrected chi connectivity index (χ2v) is 5.00. The maximum Gasteiger partial charge on any atom is 0.324 e. The number of hydrogen-bond acceptors (Lipinski definition) is 3. The van der Waals surface area contributed by atoms with Crippen molar-refractivity contribution in [1.29, 1.82) is 0 Å². The molecule has 21 heavy (non-hydrogen) atoms. The quantitative estimate of drug-likeness (QED) is 0.886. The van der Waals surface area contributed by atoms with Gasteiger partial charge in [0, 0.05) is 30.8 Å². The van der Waals surface area contributed by atoms with Crippen molar-refractivity contribution >= 4 is 11.9 Å². The fourth-order valence-corrected chi connectivity index (χ4v) is 2.30. The number of hydrogen-bond donors (Lipinski definition) is 2. The van der Waals surface area contributed by atoms with Crippen LogP contribution in [-0.2, 0) is 4.79 Å². The molecule has 1 heterocycles. The molecule has 114 valence electrons. The van der Waals surface area contributed by atoms with E-state index in [1.54, 1.807) is 13.8 Å². The second-order valence-electron chi connectivity index (χ2n) is 5.00. The molecule has 1 aliphatic rings. The van der Waals surface area contributed by atoms with Crippen LogP contribution in [-0.4, -0.2) is 36.0 Å². The third kappa shape index (κ3) is 3.36. The first-order chi connectivity index (χ1) is 9.90. The van der Waals surface area contributed by atoms with Gasteiger partial charge in [-0.3, -0.25) is 15.0 Å². The van der Waals surface area contributed by atoms with Crippen LogP contribution in [0.3, 0.4) is 0 Å². The molecule has 0 aliphatic carbocycles. The highest BCUT2D eigenvalue weighted by molar-refractivity contribution is 5.98. The van der Waals surface area contributed by atoms with Gasteiger partial charge in [0.2, 0.25) is 5.91 Å². The standard InChI is InChI=1S/C14H17F2N3O2/c1-8(11-4-3-10(15)7-12(11)16)18-9(2)13(20)19-6-5-17-14(19)21/h3-4,7-9,18H,5-6H2,1-2H3,(H,17,21)/t8-,9-/m1/s1. The highest BCUT2D eigenvalue weighted by Gasteiger charge is 2.30. The van der Waals surface area contributed by atoms with Gasteiger partial charge in [-0.05, 0) is 19.9 Å². The predicted molar refractivity (Wildman–Crippen MR) is 72.5 cm³/mol. The van der Waals surface area contributed by atoms with Crippen LogP contribution in [0.25, 0.3) is 0 Å². The molecule has 1 saturated heterocycles. The molecule has 0 spiro atoms. The molecule has 7 heteroatoms. The van der Waals surface area contributed by atoms with Crippen molar-refractivity contribution in [2.45, 2.75) is 25.9 Å². The van der Waals surface area contributed by atoms with Gasteiger partial charge in [0.15, 0.2) is 0 Å². The molecule has 2 atom stereocenters. The lowest BCUT2D eigenvalue weighted by atomic mass is 10.1. The summed E-state index contributed by atoms with van der Waals surface area (Å²) in [5, 5.41) is 5.46. The van der Waals surface area contributed by atoms with E-state index in [1.807, 2.05) is 0 Å². The van der Waals surface area contributed by atoms with Crippen LogP contribution in [0.2, 0.25) is 0 Å². The smallest absolute Gasteiger partial charge is 0.324 e. The number of nitrogens with zero attached hydrogens (tertiary/aromatic N) is 1. The molecule has 0 bridgehead atoms. The SMILES string of the molecule is C[C@@H](N[C@H](C)c1ccc(F)cc1F)C(=O)N1CCNC1=O. The summed E-state index contributed by atoms with van der Waals surface area (Å²) in [6, 6.07) is 1.73. The minimum Gasteiger partial charge on any atom is -0.336 e. The zero-order chi connectivity index (χ0) is 15.6. The Bertz CT molecular complexity index is 565. The molecular formula is C14H17F2N3O2. The molecule has 1 fully saturated rings. The molecule has 5 nitrogen and oxygen atoms in total. The first-order valence-corrected chi connectivity index (χ1v) is 6.70. The van der Waals surface area contributed by atoms with Crippen molar-refractivity contribution in [2.24, 2.45) is 0 Å². The van der Waals surface area contributed by atoms with E-state index in [4.69, 9.17) is 0 Å². The van der Waals surface area contributed by atoms with E-state index < -0.39 is 29.7 Å². The highest BCUT2D eigenvalue weighted by Crippen LogP contribution is 2.18. The van der Waals surface area contributed by atoms with Crippen molar-refractivity contribution in [3.63, 3.8) is 0 Å². The molecule has 0 radical (unpaired) electrons. The van der Waals surface area contributed by atoms with E-state index >= 15 is 0 Å². The Morgan fingerprint density at radius 3 is 2.67 bits per heavy atom. The van der Waals surface area contributed by atoms with Gasteiger partial charge in [0.05, 0.1) is 6.04 Å². The van der Waals surface area contributed by atoms with Gasteiger partial charge in [0.25, 0.3) is 0 Å². The number of urea groups is 1. The average Bonchev–Trinajstić information content (AvgIpc) is 2.83. The molecule has 2 rings (SSSR count). The first-order valence-electron chi connectivity index (χ1n) is 6.70. The van der Waals surface area contributed by atoms with E-state index in [0.29, 0.717) is 13.1 Å². The molecule has 1 aliphatic heterocycles. The maximum atomic E-state index is 13.7. The number of benzene rings is 1. The lowest BCUT2D eigenvalue weighted by molar-refractivity contribution is -0.129. The zero-order valence-electron chi connectivity index (χ0n) is 11.8. The van der Waals surface area contributed by atoms with E-state index in [-0.39, 0.29) is 11.5 Å². The Balaban J connectivity index is 2.03. The van der Waals surface area contributed by atoms with Gasteiger partial charge in [-0.25, -0.2) is 13.6 Å². The number of carbonyl (C=O) groups is 2. The number of nitrogens with one attached hydrogen (secondary N) is 2. The van der Waals surface area contributed by atoms with E-state index in [1.165, 1.54) is 6.07 Å². The van der Waals surface area contributed by atoms with Crippen LogP contribution < -0.4 is 10.6 Å². The lowest BCUT2D eigenvalue weighted by Crippen LogP contribution is -2.46. The van der Waals surface area contributed by atoms with Crippen LogP contribution in [0.15, 0.2) is 18.2 Å². The van der Waals surface area contributed by atoms with Gasteiger partial charge >= 0.3 is 6.03 Å². The fraction of sp³-hybridized carbons (Fsp3) is 0.429. The molecule has 3 amide bonds. The number of amides is 3. The molecule has 1 aromatic carbocycles. The Morgan fingerprint density at radius 2 is 2.10 bits per heavy atom. The van der Waals surface area contributed by atoms with Crippen molar-refractivity contribution in [1.82, 2.24) is 15.5 Å². The summed E-state index contributed by atoms with van der Waals surface area (Å²) < 4.78 is 26.6. The van der Waals surface area contributed by atoms with E-state index in [0.717, 1.165) is 17.0 Å². The van der Waals surface area contributed by atoms with Gasteiger partial charge < -0.3 is 5.32 Å². The van der Waals surface area contributed by atoms with Gasteiger partial charge in [-0.2, -0.15) is 0 Å². The summed E-state index contributed by atoms with van der Waals surface area (Å²) >= 11 is 0. The summed E-state index contributed by atoms with van der Waals surface area (Å²) in [5.41, 5.74) is 0.266. The van der Waals surface area contributed by atoms with Gasteiger partial charge in [-0.15, -0.1) is 0 Å². The monoisotopic (exact) mass is 297 g/mol. The Hall–Kier alpha value is -2.02. The third-order valence-corrected chi connectivity index (χ3v) is 3.42. The topological polar surface area (TPSA) is 61.4 Å². The minimum absolute atomic E-state index is 0.266. The van der Waals surface area contributed by atoms with Crippen LogP contribution in [0.1, 0.15) is 25.5 Å². The second kappa shape index (κ2) is 6.17. The maximum absolute atomic E-state index is 13.7. The summed E-state index contributed by atoms with van der Waals surface area (Å²) in [6.07, 6.45) is 0.